The van der Waals surface area contributed by atoms with Crippen LogP contribution in [0, 0.1) is 0 Å². The van der Waals surface area contributed by atoms with Crippen LogP contribution in [0.3, 0.4) is 0 Å². The molecule has 0 atom stereocenters. The largest absolute Gasteiger partial charge is 0.357 e. The lowest BCUT2D eigenvalue weighted by Gasteiger charge is -2.10. The molecule has 0 saturated carbocycles. The fourth-order valence-corrected chi connectivity index (χ4v) is 3.53. The van der Waals surface area contributed by atoms with Crippen molar-refractivity contribution >= 4 is 22.7 Å². The van der Waals surface area contributed by atoms with Gasteiger partial charge in [0.05, 0.1) is 0 Å². The molecule has 1 aromatic heterocycles. The molecule has 0 spiro atoms. The highest BCUT2D eigenvalue weighted by atomic mass is 32.2. The highest BCUT2D eigenvalue weighted by Crippen LogP contribution is 2.30. The van der Waals surface area contributed by atoms with E-state index in [1.807, 2.05) is 11.8 Å². The highest BCUT2D eigenvalue weighted by Gasteiger charge is 2.12. The molecule has 0 bridgehead atoms. The summed E-state index contributed by atoms with van der Waals surface area (Å²) in [6.07, 6.45) is 0. The Bertz CT molecular complexity index is 716. The summed E-state index contributed by atoms with van der Waals surface area (Å²) in [4.78, 5) is 7.10. The first kappa shape index (κ1) is 14.2. The summed E-state index contributed by atoms with van der Waals surface area (Å²) in [5.41, 5.74) is 3.98. The second-order valence-electron chi connectivity index (χ2n) is 5.47. The Kier molecular flexibility index (Phi) is 4.32. The first-order valence-corrected chi connectivity index (χ1v) is 8.13. The first-order valence-electron chi connectivity index (χ1n) is 7.15. The van der Waals surface area contributed by atoms with Crippen LogP contribution < -0.4 is 0 Å². The minimum atomic E-state index is 0.944. The number of hydrogen-bond donors (Lipinski definition) is 1. The van der Waals surface area contributed by atoms with E-state index in [-0.39, 0.29) is 0 Å². The summed E-state index contributed by atoms with van der Waals surface area (Å²) < 4.78 is 0. The van der Waals surface area contributed by atoms with Gasteiger partial charge in [-0.1, -0.05) is 36.4 Å². The van der Waals surface area contributed by atoms with E-state index in [0.717, 1.165) is 12.3 Å². The van der Waals surface area contributed by atoms with Crippen LogP contribution in [0.25, 0.3) is 10.9 Å². The van der Waals surface area contributed by atoms with Gasteiger partial charge in [-0.25, -0.2) is 0 Å². The fraction of sp³-hybridized carbons (Fsp3) is 0.222. The molecule has 1 N–H and O–H groups in total. The average Bonchev–Trinajstić information content (AvgIpc) is 2.82. The van der Waals surface area contributed by atoms with E-state index in [4.69, 9.17) is 0 Å². The number of aromatic nitrogens is 1. The molecule has 3 aromatic rings. The summed E-state index contributed by atoms with van der Waals surface area (Å²) >= 11 is 1.90. The smallest absolute Gasteiger partial charge is 0.0459 e. The molecule has 0 amide bonds. The Morgan fingerprint density at radius 1 is 0.952 bits per heavy atom. The Balaban J connectivity index is 1.91. The molecule has 21 heavy (non-hydrogen) atoms. The van der Waals surface area contributed by atoms with Crippen molar-refractivity contribution in [2.45, 2.75) is 17.2 Å². The molecule has 0 aliphatic heterocycles. The minimum Gasteiger partial charge on any atom is -0.357 e. The number of rotatable bonds is 5. The van der Waals surface area contributed by atoms with Crippen LogP contribution in [0.2, 0.25) is 0 Å². The zero-order valence-electron chi connectivity index (χ0n) is 12.5. The molecule has 2 aromatic carbocycles. The molecule has 1 heterocycles. The van der Waals surface area contributed by atoms with Crippen molar-refractivity contribution in [3.05, 3.63) is 65.9 Å². The van der Waals surface area contributed by atoms with Gasteiger partial charge in [-0.05, 0) is 37.9 Å². The standard InChI is InChI=1S/C18H20N2S/c1-20(2)12-18-16(13-21-14-8-4-3-5-9-14)15-10-6-7-11-17(15)19-18/h3-11,19H,12-13H2,1-2H3. The van der Waals surface area contributed by atoms with Crippen LogP contribution in [0.4, 0.5) is 0 Å². The Labute approximate surface area is 130 Å². The maximum absolute atomic E-state index is 3.58. The van der Waals surface area contributed by atoms with E-state index in [2.05, 4.69) is 78.6 Å². The van der Waals surface area contributed by atoms with Crippen molar-refractivity contribution < 1.29 is 0 Å². The van der Waals surface area contributed by atoms with Crippen LogP contribution in [0.1, 0.15) is 11.3 Å². The van der Waals surface area contributed by atoms with Crippen LogP contribution in [0.15, 0.2) is 59.5 Å². The minimum absolute atomic E-state index is 0.944. The van der Waals surface area contributed by atoms with Crippen LogP contribution in [-0.4, -0.2) is 24.0 Å². The van der Waals surface area contributed by atoms with Crippen LogP contribution in [-0.2, 0) is 12.3 Å². The number of para-hydroxylation sites is 1. The predicted octanol–water partition coefficient (Wildman–Crippen LogP) is 4.52. The average molecular weight is 296 g/mol. The van der Waals surface area contributed by atoms with Gasteiger partial charge in [-0.2, -0.15) is 0 Å². The van der Waals surface area contributed by atoms with Gasteiger partial charge in [-0.3, -0.25) is 0 Å². The maximum atomic E-state index is 3.58. The van der Waals surface area contributed by atoms with Crippen molar-refractivity contribution in [1.29, 1.82) is 0 Å². The molecular weight excluding hydrogens is 276 g/mol. The number of thioether (sulfide) groups is 1. The molecule has 3 heteroatoms. The topological polar surface area (TPSA) is 19.0 Å². The number of hydrogen-bond acceptors (Lipinski definition) is 2. The third-order valence-corrected chi connectivity index (χ3v) is 4.54. The quantitative estimate of drug-likeness (QED) is 0.698. The molecule has 108 valence electrons. The molecule has 3 rings (SSSR count). The Morgan fingerprint density at radius 3 is 2.43 bits per heavy atom. The van der Waals surface area contributed by atoms with Gasteiger partial charge < -0.3 is 9.88 Å². The summed E-state index contributed by atoms with van der Waals surface area (Å²) in [5.74, 6) is 0.997. The molecule has 0 saturated heterocycles. The summed E-state index contributed by atoms with van der Waals surface area (Å²) in [5, 5.41) is 1.35. The van der Waals surface area contributed by atoms with E-state index in [0.29, 0.717) is 0 Å². The number of aromatic amines is 1. The third kappa shape index (κ3) is 3.31. The van der Waals surface area contributed by atoms with E-state index in [1.165, 1.54) is 27.1 Å². The van der Waals surface area contributed by atoms with Crippen molar-refractivity contribution in [2.24, 2.45) is 0 Å². The van der Waals surface area contributed by atoms with Crippen LogP contribution in [0.5, 0.6) is 0 Å². The molecule has 2 nitrogen and oxygen atoms in total. The number of nitrogens with zero attached hydrogens (tertiary/aromatic N) is 1. The number of benzene rings is 2. The highest BCUT2D eigenvalue weighted by molar-refractivity contribution is 7.98. The van der Waals surface area contributed by atoms with E-state index < -0.39 is 0 Å². The van der Waals surface area contributed by atoms with Gasteiger partial charge in [0.2, 0.25) is 0 Å². The number of fused-ring (bicyclic) bond motifs is 1. The lowest BCUT2D eigenvalue weighted by atomic mass is 10.1. The molecule has 0 radical (unpaired) electrons. The van der Waals surface area contributed by atoms with E-state index >= 15 is 0 Å². The van der Waals surface area contributed by atoms with Crippen molar-refractivity contribution in [3.63, 3.8) is 0 Å². The summed E-state index contributed by atoms with van der Waals surface area (Å²) in [6, 6.07) is 19.2. The van der Waals surface area contributed by atoms with E-state index in [1.54, 1.807) is 0 Å². The van der Waals surface area contributed by atoms with Crippen molar-refractivity contribution in [3.8, 4) is 0 Å². The van der Waals surface area contributed by atoms with Gasteiger partial charge >= 0.3 is 0 Å². The molecule has 0 unspecified atom stereocenters. The molecule has 0 aliphatic carbocycles. The van der Waals surface area contributed by atoms with Gasteiger partial charge in [-0.15, -0.1) is 11.8 Å². The van der Waals surface area contributed by atoms with Gasteiger partial charge in [0.1, 0.15) is 0 Å². The summed E-state index contributed by atoms with van der Waals surface area (Å²) in [7, 11) is 4.22. The molecular formula is C18H20N2S. The van der Waals surface area contributed by atoms with Crippen molar-refractivity contribution in [2.75, 3.05) is 14.1 Å². The molecule has 0 aliphatic rings. The maximum Gasteiger partial charge on any atom is 0.0459 e. The Hall–Kier alpha value is -1.71. The van der Waals surface area contributed by atoms with Crippen molar-refractivity contribution in [1.82, 2.24) is 9.88 Å². The first-order chi connectivity index (χ1) is 10.2. The SMILES string of the molecule is CN(C)Cc1[nH]c2ccccc2c1CSc1ccccc1. The van der Waals surface area contributed by atoms with E-state index in [9.17, 15) is 0 Å². The zero-order chi connectivity index (χ0) is 14.7. The second kappa shape index (κ2) is 6.37. The lowest BCUT2D eigenvalue weighted by molar-refractivity contribution is 0.397. The monoisotopic (exact) mass is 296 g/mol. The van der Waals surface area contributed by atoms with Gasteiger partial charge in [0, 0.05) is 33.8 Å². The van der Waals surface area contributed by atoms with Gasteiger partial charge in [0.25, 0.3) is 0 Å². The Morgan fingerprint density at radius 2 is 1.67 bits per heavy atom. The predicted molar refractivity (Wildman–Crippen MR) is 91.7 cm³/mol. The second-order valence-corrected chi connectivity index (χ2v) is 6.52. The van der Waals surface area contributed by atoms with Crippen LogP contribution >= 0.6 is 11.8 Å². The lowest BCUT2D eigenvalue weighted by Crippen LogP contribution is -2.12. The normalized spacial score (nSPS) is 11.4. The number of nitrogens with one attached hydrogen (secondary N) is 1. The molecule has 0 fully saturated rings. The number of H-pyrrole nitrogens is 1. The fourth-order valence-electron chi connectivity index (χ4n) is 2.54. The third-order valence-electron chi connectivity index (χ3n) is 3.50. The van der Waals surface area contributed by atoms with Gasteiger partial charge in [0.15, 0.2) is 0 Å². The zero-order valence-corrected chi connectivity index (χ0v) is 13.3. The summed E-state index contributed by atoms with van der Waals surface area (Å²) in [6.45, 7) is 0.944.